The van der Waals surface area contributed by atoms with Crippen molar-refractivity contribution in [2.24, 2.45) is 0 Å². The fourth-order valence-electron chi connectivity index (χ4n) is 2.95. The largest absolute Gasteiger partial charge is 0.399 e. The van der Waals surface area contributed by atoms with Gasteiger partial charge in [0.2, 0.25) is 0 Å². The number of nitrogen functional groups attached to an aromatic ring is 1. The van der Waals surface area contributed by atoms with Crippen LogP contribution in [0.15, 0.2) is 65.6 Å². The number of benzene rings is 2. The van der Waals surface area contributed by atoms with Gasteiger partial charge >= 0.3 is 0 Å². The third-order valence-corrected chi connectivity index (χ3v) is 5.45. The molecule has 4 rings (SSSR count). The summed E-state index contributed by atoms with van der Waals surface area (Å²) in [4.78, 5) is 13.1. The quantitative estimate of drug-likeness (QED) is 0.537. The molecule has 0 amide bonds. The first-order valence-corrected chi connectivity index (χ1v) is 10.0. The molecule has 0 unspecified atom stereocenters. The molecule has 0 spiro atoms. The highest BCUT2D eigenvalue weighted by Crippen LogP contribution is 2.26. The third-order valence-electron chi connectivity index (χ3n) is 4.40. The van der Waals surface area contributed by atoms with Gasteiger partial charge in [-0.1, -0.05) is 18.2 Å². The minimum absolute atomic E-state index is 0.731. The van der Waals surface area contributed by atoms with Gasteiger partial charge in [-0.25, -0.2) is 9.97 Å². The normalized spacial score (nSPS) is 14.3. The van der Waals surface area contributed by atoms with Crippen molar-refractivity contribution in [1.29, 1.82) is 0 Å². The summed E-state index contributed by atoms with van der Waals surface area (Å²) in [6, 6.07) is 20.2. The Bertz CT molecular complexity index is 880. The van der Waals surface area contributed by atoms with E-state index < -0.39 is 0 Å². The number of ether oxygens (including phenoxy) is 1. The van der Waals surface area contributed by atoms with Crippen LogP contribution in [0.25, 0.3) is 11.4 Å². The third kappa shape index (κ3) is 4.59. The maximum absolute atomic E-state index is 5.83. The molecule has 1 saturated heterocycles. The average Bonchev–Trinajstić information content (AvgIpc) is 2.74. The molecule has 1 aliphatic rings. The highest BCUT2D eigenvalue weighted by Gasteiger charge is 2.16. The molecule has 2 N–H and O–H groups in total. The number of hydrogen-bond donors (Lipinski definition) is 1. The van der Waals surface area contributed by atoms with Crippen molar-refractivity contribution in [1.82, 2.24) is 9.97 Å². The molecule has 1 aliphatic heterocycles. The second-order valence-corrected chi connectivity index (χ2v) is 7.41. The molecule has 3 aromatic rings. The molecule has 1 fully saturated rings. The molecule has 1 aromatic heterocycles. The summed E-state index contributed by atoms with van der Waals surface area (Å²) in [7, 11) is 0. The smallest absolute Gasteiger partial charge is 0.161 e. The van der Waals surface area contributed by atoms with Gasteiger partial charge in [0.1, 0.15) is 5.82 Å². The molecule has 0 atom stereocenters. The predicted octanol–water partition coefficient (Wildman–Crippen LogP) is 3.85. The van der Waals surface area contributed by atoms with Crippen LogP contribution >= 0.6 is 11.8 Å². The lowest BCUT2D eigenvalue weighted by molar-refractivity contribution is 0.122. The molecular weight excluding hydrogens is 356 g/mol. The molecule has 0 aliphatic carbocycles. The highest BCUT2D eigenvalue weighted by atomic mass is 32.2. The van der Waals surface area contributed by atoms with Crippen molar-refractivity contribution in [2.75, 3.05) is 36.9 Å². The molecule has 5 nitrogen and oxygen atoms in total. The lowest BCUT2D eigenvalue weighted by atomic mass is 10.2. The van der Waals surface area contributed by atoms with Crippen LogP contribution in [0.1, 0.15) is 5.69 Å². The van der Waals surface area contributed by atoms with Crippen molar-refractivity contribution in [2.45, 2.75) is 10.6 Å². The second-order valence-electron chi connectivity index (χ2n) is 6.36. The zero-order valence-corrected chi connectivity index (χ0v) is 15.9. The Morgan fingerprint density at radius 2 is 1.70 bits per heavy atom. The molecule has 6 heteroatoms. The standard InChI is InChI=1S/C21H22N4OS/c22-17-8-6-16(7-9-17)21-23-18(15-27-19-4-2-1-3-5-19)14-20(24-21)25-10-12-26-13-11-25/h1-9,14H,10-13,15,22H2. The summed E-state index contributed by atoms with van der Waals surface area (Å²) in [5.74, 6) is 2.50. The van der Waals surface area contributed by atoms with Gasteiger partial charge in [0.05, 0.1) is 18.9 Å². The van der Waals surface area contributed by atoms with E-state index in [0.717, 1.165) is 60.6 Å². The Morgan fingerprint density at radius 3 is 2.44 bits per heavy atom. The van der Waals surface area contributed by atoms with Crippen LogP contribution in [0.4, 0.5) is 11.5 Å². The zero-order valence-electron chi connectivity index (χ0n) is 15.0. The van der Waals surface area contributed by atoms with Gasteiger partial charge in [0.25, 0.3) is 0 Å². The molecular formula is C21H22N4OS. The summed E-state index contributed by atoms with van der Waals surface area (Å²) in [6.45, 7) is 3.16. The Labute approximate surface area is 163 Å². The SMILES string of the molecule is Nc1ccc(-c2nc(CSc3ccccc3)cc(N3CCOCC3)n2)cc1. The fourth-order valence-corrected chi connectivity index (χ4v) is 3.76. The summed E-state index contributed by atoms with van der Waals surface area (Å²) in [5, 5.41) is 0. The minimum Gasteiger partial charge on any atom is -0.399 e. The monoisotopic (exact) mass is 378 g/mol. The van der Waals surface area contributed by atoms with Gasteiger partial charge in [-0.3, -0.25) is 0 Å². The average molecular weight is 379 g/mol. The Balaban J connectivity index is 1.64. The van der Waals surface area contributed by atoms with Crippen LogP contribution in [0.5, 0.6) is 0 Å². The van der Waals surface area contributed by atoms with Gasteiger partial charge in [0, 0.05) is 41.1 Å². The zero-order chi connectivity index (χ0) is 18.5. The maximum atomic E-state index is 5.83. The first kappa shape index (κ1) is 17.8. The maximum Gasteiger partial charge on any atom is 0.161 e. The lowest BCUT2D eigenvalue weighted by Gasteiger charge is -2.28. The fraction of sp³-hybridized carbons (Fsp3) is 0.238. The molecule has 27 heavy (non-hydrogen) atoms. The molecule has 0 saturated carbocycles. The number of rotatable bonds is 5. The molecule has 2 heterocycles. The highest BCUT2D eigenvalue weighted by molar-refractivity contribution is 7.98. The van der Waals surface area contributed by atoms with Crippen LogP contribution in [0.3, 0.4) is 0 Å². The van der Waals surface area contributed by atoms with E-state index in [9.17, 15) is 0 Å². The van der Waals surface area contributed by atoms with Crippen molar-refractivity contribution in [3.63, 3.8) is 0 Å². The van der Waals surface area contributed by atoms with E-state index in [0.29, 0.717) is 0 Å². The van der Waals surface area contributed by atoms with Crippen LogP contribution in [-0.4, -0.2) is 36.3 Å². The van der Waals surface area contributed by atoms with Gasteiger partial charge in [-0.15, -0.1) is 11.8 Å². The van der Waals surface area contributed by atoms with Crippen molar-refractivity contribution >= 4 is 23.3 Å². The Kier molecular flexibility index (Phi) is 5.55. The second kappa shape index (κ2) is 8.41. The van der Waals surface area contributed by atoms with Crippen LogP contribution in [-0.2, 0) is 10.5 Å². The molecule has 0 bridgehead atoms. The summed E-state index contributed by atoms with van der Waals surface area (Å²) < 4.78 is 5.48. The van der Waals surface area contributed by atoms with E-state index in [1.807, 2.05) is 30.3 Å². The first-order chi connectivity index (χ1) is 13.3. The summed E-state index contributed by atoms with van der Waals surface area (Å²) in [5.41, 5.74) is 8.56. The number of aromatic nitrogens is 2. The lowest BCUT2D eigenvalue weighted by Crippen LogP contribution is -2.37. The van der Waals surface area contributed by atoms with E-state index in [2.05, 4.69) is 35.2 Å². The van der Waals surface area contributed by atoms with E-state index in [-0.39, 0.29) is 0 Å². The number of thioether (sulfide) groups is 1. The van der Waals surface area contributed by atoms with Gasteiger partial charge < -0.3 is 15.4 Å². The van der Waals surface area contributed by atoms with E-state index >= 15 is 0 Å². The van der Waals surface area contributed by atoms with Gasteiger partial charge in [-0.2, -0.15) is 0 Å². The van der Waals surface area contributed by atoms with Gasteiger partial charge in [-0.05, 0) is 36.4 Å². The number of morpholine rings is 1. The van der Waals surface area contributed by atoms with E-state index in [4.69, 9.17) is 20.4 Å². The number of nitrogens with two attached hydrogens (primary N) is 1. The van der Waals surface area contributed by atoms with Crippen molar-refractivity contribution in [3.05, 3.63) is 66.4 Å². The number of anilines is 2. The molecule has 2 aromatic carbocycles. The number of nitrogens with zero attached hydrogens (tertiary/aromatic N) is 3. The topological polar surface area (TPSA) is 64.3 Å². The van der Waals surface area contributed by atoms with E-state index in [1.165, 1.54) is 4.90 Å². The summed E-state index contributed by atoms with van der Waals surface area (Å²) >= 11 is 1.78. The van der Waals surface area contributed by atoms with Crippen molar-refractivity contribution in [3.8, 4) is 11.4 Å². The molecule has 0 radical (unpaired) electrons. The number of hydrogen-bond acceptors (Lipinski definition) is 6. The van der Waals surface area contributed by atoms with Crippen LogP contribution < -0.4 is 10.6 Å². The first-order valence-electron chi connectivity index (χ1n) is 9.02. The van der Waals surface area contributed by atoms with Crippen LogP contribution in [0.2, 0.25) is 0 Å². The Hall–Kier alpha value is -2.57. The van der Waals surface area contributed by atoms with Crippen molar-refractivity contribution < 1.29 is 4.74 Å². The molecule has 138 valence electrons. The van der Waals surface area contributed by atoms with E-state index in [1.54, 1.807) is 11.8 Å². The van der Waals surface area contributed by atoms with Gasteiger partial charge in [0.15, 0.2) is 5.82 Å². The van der Waals surface area contributed by atoms with Crippen LogP contribution in [0, 0.1) is 0 Å². The summed E-state index contributed by atoms with van der Waals surface area (Å²) in [6.07, 6.45) is 0. The predicted molar refractivity (Wildman–Crippen MR) is 111 cm³/mol. The Morgan fingerprint density at radius 1 is 0.963 bits per heavy atom. The minimum atomic E-state index is 0.731.